The van der Waals surface area contributed by atoms with Gasteiger partial charge in [0.2, 0.25) is 0 Å². The van der Waals surface area contributed by atoms with Gasteiger partial charge in [0.25, 0.3) is 0 Å². The summed E-state index contributed by atoms with van der Waals surface area (Å²) < 4.78 is 10.5. The first-order valence-corrected chi connectivity index (χ1v) is 5.02. The quantitative estimate of drug-likeness (QED) is 0.710. The summed E-state index contributed by atoms with van der Waals surface area (Å²) in [5.74, 6) is 1.96. The average Bonchev–Trinajstić information content (AvgIpc) is 2.59. The Morgan fingerprint density at radius 1 is 1.50 bits per heavy atom. The molecule has 0 aromatic carbocycles. The maximum Gasteiger partial charge on any atom is 0.120 e. The Morgan fingerprint density at radius 2 is 2.29 bits per heavy atom. The highest BCUT2D eigenvalue weighted by molar-refractivity contribution is 5.08. The molecule has 1 N–H and O–H groups in total. The molecule has 3 nitrogen and oxygen atoms in total. The third-order valence-electron chi connectivity index (χ3n) is 2.16. The Bertz CT molecular complexity index is 258. The monoisotopic (exact) mass is 197 g/mol. The molecule has 14 heavy (non-hydrogen) atoms. The summed E-state index contributed by atoms with van der Waals surface area (Å²) in [7, 11) is 1.72. The van der Waals surface area contributed by atoms with Gasteiger partial charge in [0.1, 0.15) is 11.5 Å². The van der Waals surface area contributed by atoms with Gasteiger partial charge in [-0.1, -0.05) is 0 Å². The van der Waals surface area contributed by atoms with Gasteiger partial charge in [-0.3, -0.25) is 0 Å². The van der Waals surface area contributed by atoms with Crippen LogP contribution in [0.3, 0.4) is 0 Å². The zero-order valence-corrected chi connectivity index (χ0v) is 9.17. The lowest BCUT2D eigenvalue weighted by Gasteiger charge is -2.10. The molecule has 0 spiro atoms. The number of ether oxygens (including phenoxy) is 1. The number of nitrogens with one attached hydrogen (secondary N) is 1. The average molecular weight is 197 g/mol. The zero-order valence-electron chi connectivity index (χ0n) is 9.17. The van der Waals surface area contributed by atoms with Crippen LogP contribution < -0.4 is 5.32 Å². The van der Waals surface area contributed by atoms with E-state index in [-0.39, 0.29) is 6.04 Å². The molecule has 0 aliphatic heterocycles. The van der Waals surface area contributed by atoms with Crippen LogP contribution >= 0.6 is 0 Å². The molecule has 1 atom stereocenters. The summed E-state index contributed by atoms with van der Waals surface area (Å²) in [6, 6.07) is 4.28. The molecule has 3 heteroatoms. The Kier molecular flexibility index (Phi) is 4.70. The van der Waals surface area contributed by atoms with Crippen molar-refractivity contribution in [3.05, 3.63) is 23.7 Å². The van der Waals surface area contributed by atoms with E-state index in [1.807, 2.05) is 19.1 Å². The van der Waals surface area contributed by atoms with E-state index >= 15 is 0 Å². The number of hydrogen-bond donors (Lipinski definition) is 1. The molecule has 1 aromatic rings. The Balaban J connectivity index is 2.25. The molecule has 80 valence electrons. The van der Waals surface area contributed by atoms with Gasteiger partial charge in [0.15, 0.2) is 0 Å². The first kappa shape index (κ1) is 11.3. The third kappa shape index (κ3) is 3.52. The van der Waals surface area contributed by atoms with E-state index in [9.17, 15) is 0 Å². The lowest BCUT2D eigenvalue weighted by Crippen LogP contribution is -2.20. The van der Waals surface area contributed by atoms with Crippen LogP contribution in [0.4, 0.5) is 0 Å². The molecule has 0 radical (unpaired) electrons. The van der Waals surface area contributed by atoms with E-state index in [4.69, 9.17) is 9.15 Å². The van der Waals surface area contributed by atoms with Gasteiger partial charge in [-0.25, -0.2) is 0 Å². The van der Waals surface area contributed by atoms with Crippen LogP contribution in [0.5, 0.6) is 0 Å². The van der Waals surface area contributed by atoms with Crippen LogP contribution in [0.15, 0.2) is 16.5 Å². The van der Waals surface area contributed by atoms with Crippen molar-refractivity contribution in [3.63, 3.8) is 0 Å². The standard InChI is InChI=1S/C11H19NO2/c1-9-5-6-11(14-9)10(2)12-7-4-8-13-3/h5-6,10,12H,4,7-8H2,1-3H3/t10-/m0/s1. The number of aryl methyl sites for hydroxylation is 1. The molecule has 0 aliphatic carbocycles. The van der Waals surface area contributed by atoms with Crippen LogP contribution in [0.1, 0.15) is 30.9 Å². The second-order valence-electron chi connectivity index (χ2n) is 3.47. The molecule has 0 fully saturated rings. The molecule has 0 amide bonds. The summed E-state index contributed by atoms with van der Waals surface area (Å²) in [6.45, 7) is 5.82. The predicted molar refractivity (Wildman–Crippen MR) is 56.4 cm³/mol. The van der Waals surface area contributed by atoms with Crippen LogP contribution in [0.25, 0.3) is 0 Å². The molecule has 0 saturated carbocycles. The lowest BCUT2D eigenvalue weighted by molar-refractivity contribution is 0.193. The van der Waals surface area contributed by atoms with Crippen molar-refractivity contribution >= 4 is 0 Å². The van der Waals surface area contributed by atoms with Gasteiger partial charge >= 0.3 is 0 Å². The summed E-state index contributed by atoms with van der Waals surface area (Å²) in [4.78, 5) is 0. The summed E-state index contributed by atoms with van der Waals surface area (Å²) >= 11 is 0. The van der Waals surface area contributed by atoms with Crippen molar-refractivity contribution < 1.29 is 9.15 Å². The Hall–Kier alpha value is -0.800. The maximum atomic E-state index is 5.51. The number of furan rings is 1. The highest BCUT2D eigenvalue weighted by Gasteiger charge is 2.07. The van der Waals surface area contributed by atoms with Gasteiger partial charge in [0.05, 0.1) is 6.04 Å². The van der Waals surface area contributed by atoms with E-state index in [0.29, 0.717) is 0 Å². The van der Waals surface area contributed by atoms with E-state index in [1.165, 1.54) is 0 Å². The van der Waals surface area contributed by atoms with Crippen LogP contribution in [0, 0.1) is 6.92 Å². The summed E-state index contributed by atoms with van der Waals surface area (Å²) in [6.07, 6.45) is 1.03. The van der Waals surface area contributed by atoms with E-state index < -0.39 is 0 Å². The van der Waals surface area contributed by atoms with E-state index in [2.05, 4.69) is 12.2 Å². The normalized spacial score (nSPS) is 13.1. The zero-order chi connectivity index (χ0) is 10.4. The fraction of sp³-hybridized carbons (Fsp3) is 0.636. The van der Waals surface area contributed by atoms with Crippen LogP contribution in [0.2, 0.25) is 0 Å². The van der Waals surface area contributed by atoms with Crippen molar-refractivity contribution in [2.45, 2.75) is 26.3 Å². The summed E-state index contributed by atoms with van der Waals surface area (Å²) in [5, 5.41) is 3.37. The second-order valence-corrected chi connectivity index (χ2v) is 3.47. The lowest BCUT2D eigenvalue weighted by atomic mass is 10.2. The minimum atomic E-state index is 0.278. The fourth-order valence-corrected chi connectivity index (χ4v) is 1.32. The minimum Gasteiger partial charge on any atom is -0.465 e. The third-order valence-corrected chi connectivity index (χ3v) is 2.16. The largest absolute Gasteiger partial charge is 0.465 e. The first-order chi connectivity index (χ1) is 6.74. The minimum absolute atomic E-state index is 0.278. The highest BCUT2D eigenvalue weighted by atomic mass is 16.5. The molecule has 0 saturated heterocycles. The van der Waals surface area contributed by atoms with Crippen molar-refractivity contribution in [2.24, 2.45) is 0 Å². The Morgan fingerprint density at radius 3 is 2.86 bits per heavy atom. The smallest absolute Gasteiger partial charge is 0.120 e. The topological polar surface area (TPSA) is 34.4 Å². The fourth-order valence-electron chi connectivity index (χ4n) is 1.32. The van der Waals surface area contributed by atoms with Crippen molar-refractivity contribution in [1.29, 1.82) is 0 Å². The number of rotatable bonds is 6. The maximum absolute atomic E-state index is 5.51. The molecule has 1 aromatic heterocycles. The van der Waals surface area contributed by atoms with Crippen LogP contribution in [-0.2, 0) is 4.74 Å². The molecule has 0 aliphatic rings. The van der Waals surface area contributed by atoms with Crippen molar-refractivity contribution in [3.8, 4) is 0 Å². The van der Waals surface area contributed by atoms with Gasteiger partial charge in [-0.05, 0) is 38.9 Å². The first-order valence-electron chi connectivity index (χ1n) is 5.02. The molecular weight excluding hydrogens is 178 g/mol. The summed E-state index contributed by atoms with van der Waals surface area (Å²) in [5.41, 5.74) is 0. The van der Waals surface area contributed by atoms with Gasteiger partial charge < -0.3 is 14.5 Å². The van der Waals surface area contributed by atoms with Gasteiger partial charge in [0, 0.05) is 13.7 Å². The predicted octanol–water partition coefficient (Wildman–Crippen LogP) is 2.28. The number of methoxy groups -OCH3 is 1. The Labute approximate surface area is 85.4 Å². The van der Waals surface area contributed by atoms with Crippen molar-refractivity contribution in [2.75, 3.05) is 20.3 Å². The second kappa shape index (κ2) is 5.83. The molecule has 0 bridgehead atoms. The molecular formula is C11H19NO2. The number of hydrogen-bond acceptors (Lipinski definition) is 3. The van der Waals surface area contributed by atoms with E-state index in [1.54, 1.807) is 7.11 Å². The SMILES string of the molecule is COCCCN[C@@H](C)c1ccc(C)o1. The molecule has 1 rings (SSSR count). The molecule has 1 heterocycles. The van der Waals surface area contributed by atoms with E-state index in [0.717, 1.165) is 31.1 Å². The molecule has 0 unspecified atom stereocenters. The van der Waals surface area contributed by atoms with Crippen molar-refractivity contribution in [1.82, 2.24) is 5.32 Å². The van der Waals surface area contributed by atoms with Crippen LogP contribution in [-0.4, -0.2) is 20.3 Å². The van der Waals surface area contributed by atoms with Gasteiger partial charge in [-0.15, -0.1) is 0 Å². The van der Waals surface area contributed by atoms with Gasteiger partial charge in [-0.2, -0.15) is 0 Å². The highest BCUT2D eigenvalue weighted by Crippen LogP contribution is 2.14.